The topological polar surface area (TPSA) is 42.2 Å². The maximum Gasteiger partial charge on any atom is 0.323 e. The highest BCUT2D eigenvalue weighted by Gasteiger charge is 1.98. The molecule has 0 bridgehead atoms. The molecule has 1 heterocycles. The van der Waals surface area contributed by atoms with E-state index in [0.717, 1.165) is 6.20 Å². The number of hydrogen-bond donors (Lipinski definition) is 1. The van der Waals surface area contributed by atoms with Crippen molar-refractivity contribution in [3.8, 4) is 0 Å². The first-order valence-corrected chi connectivity index (χ1v) is 3.71. The molecule has 0 amide bonds. The molecule has 0 radical (unpaired) electrons. The van der Waals surface area contributed by atoms with Crippen LogP contribution in [0.3, 0.4) is 0 Å². The molecule has 3 nitrogen and oxygen atoms in total. The summed E-state index contributed by atoms with van der Waals surface area (Å²) in [7, 11) is 0. The summed E-state index contributed by atoms with van der Waals surface area (Å²) >= 11 is 0. The fourth-order valence-electron chi connectivity index (χ4n) is 0.666. The van der Waals surface area contributed by atoms with Crippen LogP contribution in [-0.2, 0) is 11.3 Å². The Labute approximate surface area is 70.4 Å². The van der Waals surface area contributed by atoms with Gasteiger partial charge in [-0.15, -0.1) is 0 Å². The largest absolute Gasteiger partial charge is 0.480 e. The number of nitrogens with zero attached hydrogens (tertiary/aromatic N) is 1. The summed E-state index contributed by atoms with van der Waals surface area (Å²) in [4.78, 5) is 10.0. The molecule has 1 N–H and O–H groups in total. The molecule has 0 saturated heterocycles. The lowest BCUT2D eigenvalue weighted by Gasteiger charge is -1.93. The van der Waals surface area contributed by atoms with E-state index in [0.29, 0.717) is 0 Å². The Bertz CT molecular complexity index is 245. The number of carboxylic acids is 1. The van der Waals surface area contributed by atoms with Crippen molar-refractivity contribution in [1.29, 1.82) is 0 Å². The molecule has 0 aliphatic carbocycles. The lowest BCUT2D eigenvalue weighted by Crippen LogP contribution is -2.05. The first-order valence-electron chi connectivity index (χ1n) is 3.71. The molecular weight excluding hydrogens is 161 g/mol. The maximum atomic E-state index is 12.2. The number of carbonyl (C=O) groups is 1. The van der Waals surface area contributed by atoms with Crippen molar-refractivity contribution < 1.29 is 14.3 Å². The van der Waals surface area contributed by atoms with Crippen molar-refractivity contribution in [3.63, 3.8) is 0 Å². The molecule has 1 aromatic heterocycles. The Morgan fingerprint density at radius 2 is 2.25 bits per heavy atom. The number of carboxylic acid groups (broad SMARTS) is 1. The predicted molar refractivity (Wildman–Crippen MR) is 43.4 cm³/mol. The van der Waals surface area contributed by atoms with Crippen molar-refractivity contribution in [3.05, 3.63) is 24.3 Å². The van der Waals surface area contributed by atoms with E-state index in [2.05, 4.69) is 0 Å². The van der Waals surface area contributed by atoms with Gasteiger partial charge in [-0.2, -0.15) is 0 Å². The van der Waals surface area contributed by atoms with E-state index < -0.39 is 11.8 Å². The molecule has 68 valence electrons. The van der Waals surface area contributed by atoms with Crippen LogP contribution in [0.25, 0.3) is 0 Å². The smallest absolute Gasteiger partial charge is 0.323 e. The monoisotopic (exact) mass is 173 g/mol. The summed E-state index contributed by atoms with van der Waals surface area (Å²) in [6, 6.07) is 1.21. The van der Waals surface area contributed by atoms with Gasteiger partial charge in [-0.05, 0) is 6.07 Å². The zero-order chi connectivity index (χ0) is 9.56. The third kappa shape index (κ3) is 3.75. The summed E-state index contributed by atoms with van der Waals surface area (Å²) in [5, 5.41) is 8.23. The van der Waals surface area contributed by atoms with Gasteiger partial charge in [-0.3, -0.25) is 4.79 Å². The number of halogens is 1. The van der Waals surface area contributed by atoms with E-state index in [1.54, 1.807) is 0 Å². The minimum absolute atomic E-state index is 0.191. The third-order valence-corrected chi connectivity index (χ3v) is 1.03. The Hall–Kier alpha value is -1.32. The zero-order valence-corrected chi connectivity index (χ0v) is 7.12. The second-order valence-electron chi connectivity index (χ2n) is 1.90. The van der Waals surface area contributed by atoms with Crippen LogP contribution in [0, 0.1) is 5.82 Å². The van der Waals surface area contributed by atoms with Crippen LogP contribution in [0.2, 0.25) is 0 Å². The quantitative estimate of drug-likeness (QED) is 0.740. The SMILES string of the molecule is CC.O=C(O)Cn1ccc(F)c1. The van der Waals surface area contributed by atoms with E-state index in [-0.39, 0.29) is 6.54 Å². The highest BCUT2D eigenvalue weighted by atomic mass is 19.1. The second-order valence-corrected chi connectivity index (χ2v) is 1.90. The Kier molecular flexibility index (Phi) is 4.76. The molecule has 0 aromatic carbocycles. The minimum atomic E-state index is -0.976. The average molecular weight is 173 g/mol. The highest BCUT2D eigenvalue weighted by Crippen LogP contribution is 1.96. The highest BCUT2D eigenvalue weighted by molar-refractivity contribution is 5.66. The molecule has 4 heteroatoms. The Morgan fingerprint density at radius 1 is 1.67 bits per heavy atom. The van der Waals surface area contributed by atoms with E-state index in [9.17, 15) is 9.18 Å². The lowest BCUT2D eigenvalue weighted by molar-refractivity contribution is -0.137. The predicted octanol–water partition coefficient (Wildman–Crippen LogP) is 1.74. The first kappa shape index (κ1) is 10.7. The zero-order valence-electron chi connectivity index (χ0n) is 7.12. The van der Waals surface area contributed by atoms with Crippen molar-refractivity contribution in [2.45, 2.75) is 20.4 Å². The van der Waals surface area contributed by atoms with Crippen LogP contribution >= 0.6 is 0 Å². The van der Waals surface area contributed by atoms with Crippen molar-refractivity contribution in [2.24, 2.45) is 0 Å². The van der Waals surface area contributed by atoms with Crippen LogP contribution in [-0.4, -0.2) is 15.6 Å². The standard InChI is InChI=1S/C6H6FNO2.C2H6/c7-5-1-2-8(3-5)4-6(9)10;1-2/h1-3H,4H2,(H,9,10);1-2H3. The number of rotatable bonds is 2. The van der Waals surface area contributed by atoms with Gasteiger partial charge >= 0.3 is 5.97 Å². The van der Waals surface area contributed by atoms with Gasteiger partial charge in [-0.1, -0.05) is 13.8 Å². The summed E-state index contributed by atoms with van der Waals surface area (Å²) in [5.74, 6) is -1.39. The first-order chi connectivity index (χ1) is 5.68. The lowest BCUT2D eigenvalue weighted by atomic mass is 10.6. The van der Waals surface area contributed by atoms with Crippen LogP contribution in [0.1, 0.15) is 13.8 Å². The molecule has 0 aliphatic rings. The Balaban J connectivity index is 0.000000561. The molecule has 1 aromatic rings. The molecule has 0 spiro atoms. The molecule has 1 rings (SSSR count). The molecule has 12 heavy (non-hydrogen) atoms. The molecule has 0 saturated carbocycles. The van der Waals surface area contributed by atoms with Gasteiger partial charge < -0.3 is 9.67 Å². The van der Waals surface area contributed by atoms with Crippen LogP contribution in [0.15, 0.2) is 18.5 Å². The van der Waals surface area contributed by atoms with Crippen molar-refractivity contribution >= 4 is 5.97 Å². The normalized spacial score (nSPS) is 8.58. The van der Waals surface area contributed by atoms with E-state index >= 15 is 0 Å². The van der Waals surface area contributed by atoms with E-state index in [1.165, 1.54) is 16.8 Å². The van der Waals surface area contributed by atoms with Crippen molar-refractivity contribution in [1.82, 2.24) is 4.57 Å². The summed E-state index contributed by atoms with van der Waals surface area (Å²) < 4.78 is 13.4. The summed E-state index contributed by atoms with van der Waals surface area (Å²) in [6.07, 6.45) is 2.51. The maximum absolute atomic E-state index is 12.2. The van der Waals surface area contributed by atoms with Gasteiger partial charge in [0, 0.05) is 12.4 Å². The molecule has 0 atom stereocenters. The van der Waals surface area contributed by atoms with E-state index in [4.69, 9.17) is 5.11 Å². The summed E-state index contributed by atoms with van der Waals surface area (Å²) in [6.45, 7) is 3.81. The van der Waals surface area contributed by atoms with Gasteiger partial charge in [0.15, 0.2) is 0 Å². The minimum Gasteiger partial charge on any atom is -0.480 e. The number of aromatic nitrogens is 1. The second kappa shape index (κ2) is 5.35. The Morgan fingerprint density at radius 3 is 2.58 bits per heavy atom. The molecular formula is C8H12FNO2. The molecule has 0 aliphatic heterocycles. The summed E-state index contributed by atoms with van der Waals surface area (Å²) in [5.41, 5.74) is 0. The van der Waals surface area contributed by atoms with Gasteiger partial charge in [0.2, 0.25) is 0 Å². The van der Waals surface area contributed by atoms with Crippen LogP contribution < -0.4 is 0 Å². The molecule has 0 unspecified atom stereocenters. The van der Waals surface area contributed by atoms with Gasteiger partial charge in [0.1, 0.15) is 12.4 Å². The third-order valence-electron chi connectivity index (χ3n) is 1.03. The van der Waals surface area contributed by atoms with Crippen molar-refractivity contribution in [2.75, 3.05) is 0 Å². The van der Waals surface area contributed by atoms with Crippen LogP contribution in [0.4, 0.5) is 4.39 Å². The fourth-order valence-corrected chi connectivity index (χ4v) is 0.666. The van der Waals surface area contributed by atoms with E-state index in [1.807, 2.05) is 13.8 Å². The van der Waals surface area contributed by atoms with Gasteiger partial charge in [-0.25, -0.2) is 4.39 Å². The van der Waals surface area contributed by atoms with Gasteiger partial charge in [0.25, 0.3) is 0 Å². The number of aliphatic carboxylic acids is 1. The average Bonchev–Trinajstić information content (AvgIpc) is 2.39. The molecule has 0 fully saturated rings. The number of hydrogen-bond acceptors (Lipinski definition) is 1. The van der Waals surface area contributed by atoms with Crippen LogP contribution in [0.5, 0.6) is 0 Å². The van der Waals surface area contributed by atoms with Gasteiger partial charge in [0.05, 0.1) is 0 Å². The fraction of sp³-hybridized carbons (Fsp3) is 0.375.